The smallest absolute Gasteiger partial charge is 0.0105 e. The lowest BCUT2D eigenvalue weighted by molar-refractivity contribution is 0.105. The molecule has 3 atom stereocenters. The summed E-state index contributed by atoms with van der Waals surface area (Å²) in [4.78, 5) is 2.55. The first kappa shape index (κ1) is 13.4. The Kier molecular flexibility index (Phi) is 5.30. The summed E-state index contributed by atoms with van der Waals surface area (Å²) in [5.41, 5.74) is 5.67. The Morgan fingerprint density at radius 1 is 1.06 bits per heavy atom. The maximum absolute atomic E-state index is 5.67. The fourth-order valence-electron chi connectivity index (χ4n) is 4.06. The number of hydrogen-bond donors (Lipinski definition) is 1. The van der Waals surface area contributed by atoms with Crippen LogP contribution in [-0.4, -0.2) is 31.1 Å². The summed E-state index contributed by atoms with van der Waals surface area (Å²) in [6.07, 6.45) is 10.5. The first-order chi connectivity index (χ1) is 8.33. The number of fused-ring (bicyclic) bond motifs is 1. The van der Waals surface area contributed by atoms with E-state index in [4.69, 9.17) is 5.73 Å². The minimum Gasteiger partial charge on any atom is -0.329 e. The van der Waals surface area contributed by atoms with Crippen molar-refractivity contribution in [3.63, 3.8) is 0 Å². The highest BCUT2D eigenvalue weighted by Crippen LogP contribution is 2.42. The van der Waals surface area contributed by atoms with Crippen molar-refractivity contribution >= 4 is 0 Å². The van der Waals surface area contributed by atoms with Gasteiger partial charge < -0.3 is 10.6 Å². The van der Waals surface area contributed by atoms with Gasteiger partial charge in [-0.25, -0.2) is 0 Å². The number of rotatable bonds is 5. The normalized spacial score (nSPS) is 33.7. The molecule has 0 aromatic carbocycles. The van der Waals surface area contributed by atoms with Gasteiger partial charge in [-0.3, -0.25) is 0 Å². The van der Waals surface area contributed by atoms with Crippen LogP contribution in [0.3, 0.4) is 0 Å². The largest absolute Gasteiger partial charge is 0.329 e. The van der Waals surface area contributed by atoms with Crippen molar-refractivity contribution < 1.29 is 0 Å². The van der Waals surface area contributed by atoms with Crippen molar-refractivity contribution in [3.05, 3.63) is 0 Å². The van der Waals surface area contributed by atoms with Gasteiger partial charge in [-0.05, 0) is 43.6 Å². The van der Waals surface area contributed by atoms with Gasteiger partial charge in [0.15, 0.2) is 0 Å². The van der Waals surface area contributed by atoms with Gasteiger partial charge in [0, 0.05) is 19.6 Å². The van der Waals surface area contributed by atoms with Gasteiger partial charge in [0.1, 0.15) is 0 Å². The molecule has 0 amide bonds. The molecule has 2 heteroatoms. The third-order valence-corrected chi connectivity index (χ3v) is 5.06. The lowest BCUT2D eigenvalue weighted by Gasteiger charge is -2.40. The molecule has 0 saturated heterocycles. The second-order valence-electron chi connectivity index (χ2n) is 6.17. The molecule has 17 heavy (non-hydrogen) atoms. The van der Waals surface area contributed by atoms with Crippen molar-refractivity contribution in [1.82, 2.24) is 4.90 Å². The summed E-state index contributed by atoms with van der Waals surface area (Å²) < 4.78 is 0. The van der Waals surface area contributed by atoms with E-state index >= 15 is 0 Å². The van der Waals surface area contributed by atoms with Crippen LogP contribution in [0.15, 0.2) is 0 Å². The quantitative estimate of drug-likeness (QED) is 0.798. The van der Waals surface area contributed by atoms with Gasteiger partial charge in [0.2, 0.25) is 0 Å². The van der Waals surface area contributed by atoms with Crippen LogP contribution >= 0.6 is 0 Å². The Morgan fingerprint density at radius 2 is 1.82 bits per heavy atom. The van der Waals surface area contributed by atoms with Crippen LogP contribution in [0.1, 0.15) is 51.9 Å². The van der Waals surface area contributed by atoms with Crippen molar-refractivity contribution in [1.29, 1.82) is 0 Å². The molecule has 0 spiro atoms. The van der Waals surface area contributed by atoms with E-state index in [9.17, 15) is 0 Å². The third kappa shape index (κ3) is 3.69. The number of nitrogens with zero attached hydrogens (tertiary/aromatic N) is 1. The summed E-state index contributed by atoms with van der Waals surface area (Å²) >= 11 is 0. The molecule has 0 aromatic rings. The summed E-state index contributed by atoms with van der Waals surface area (Å²) in [5, 5.41) is 0. The predicted octanol–water partition coefficient (Wildman–Crippen LogP) is 2.87. The van der Waals surface area contributed by atoms with Gasteiger partial charge in [-0.1, -0.05) is 32.6 Å². The Labute approximate surface area is 107 Å². The Bertz CT molecular complexity index is 215. The molecule has 2 nitrogen and oxygen atoms in total. The standard InChI is InChI=1S/C15H30N2/c1-2-17(10-9-16)12-13-7-8-14-5-3-4-6-15(14)11-13/h13-15H,2-12,16H2,1H3. The molecule has 0 radical (unpaired) electrons. The molecule has 3 unspecified atom stereocenters. The molecule has 100 valence electrons. The van der Waals surface area contributed by atoms with E-state index < -0.39 is 0 Å². The Morgan fingerprint density at radius 3 is 2.53 bits per heavy atom. The van der Waals surface area contributed by atoms with Crippen LogP contribution in [0.5, 0.6) is 0 Å². The van der Waals surface area contributed by atoms with Crippen LogP contribution in [0.4, 0.5) is 0 Å². The highest BCUT2D eigenvalue weighted by atomic mass is 15.1. The predicted molar refractivity (Wildman–Crippen MR) is 74.0 cm³/mol. The fourth-order valence-corrected chi connectivity index (χ4v) is 4.06. The van der Waals surface area contributed by atoms with Crippen LogP contribution in [0.25, 0.3) is 0 Å². The second kappa shape index (κ2) is 6.75. The molecule has 0 heterocycles. The molecule has 2 rings (SSSR count). The van der Waals surface area contributed by atoms with Crippen LogP contribution in [-0.2, 0) is 0 Å². The molecule has 2 aliphatic rings. The zero-order valence-electron chi connectivity index (χ0n) is 11.5. The van der Waals surface area contributed by atoms with E-state index in [0.717, 1.165) is 30.8 Å². The maximum Gasteiger partial charge on any atom is 0.0105 e. The van der Waals surface area contributed by atoms with E-state index in [1.165, 1.54) is 58.0 Å². The van der Waals surface area contributed by atoms with E-state index in [1.807, 2.05) is 0 Å². The van der Waals surface area contributed by atoms with Crippen molar-refractivity contribution in [2.45, 2.75) is 51.9 Å². The first-order valence-corrected chi connectivity index (χ1v) is 7.76. The molecular formula is C15H30N2. The Balaban J connectivity index is 1.78. The van der Waals surface area contributed by atoms with Crippen LogP contribution in [0, 0.1) is 17.8 Å². The maximum atomic E-state index is 5.67. The summed E-state index contributed by atoms with van der Waals surface area (Å²) in [7, 11) is 0. The number of hydrogen-bond acceptors (Lipinski definition) is 2. The van der Waals surface area contributed by atoms with E-state index in [2.05, 4.69) is 11.8 Å². The van der Waals surface area contributed by atoms with E-state index in [0.29, 0.717) is 0 Å². The molecule has 0 bridgehead atoms. The zero-order valence-corrected chi connectivity index (χ0v) is 11.5. The minimum atomic E-state index is 0.812. The SMILES string of the molecule is CCN(CCN)CC1CCC2CCCCC2C1. The second-order valence-corrected chi connectivity index (χ2v) is 6.17. The fraction of sp³-hybridized carbons (Fsp3) is 1.00. The zero-order chi connectivity index (χ0) is 12.1. The van der Waals surface area contributed by atoms with E-state index in [-0.39, 0.29) is 0 Å². The average Bonchev–Trinajstić information content (AvgIpc) is 2.38. The summed E-state index contributed by atoms with van der Waals surface area (Å²) in [6, 6.07) is 0. The summed E-state index contributed by atoms with van der Waals surface area (Å²) in [5.74, 6) is 3.12. The van der Waals surface area contributed by atoms with Crippen LogP contribution < -0.4 is 5.73 Å². The third-order valence-electron chi connectivity index (χ3n) is 5.06. The van der Waals surface area contributed by atoms with Gasteiger partial charge in [0.25, 0.3) is 0 Å². The molecular weight excluding hydrogens is 208 g/mol. The first-order valence-electron chi connectivity index (χ1n) is 7.76. The summed E-state index contributed by atoms with van der Waals surface area (Å²) in [6.45, 7) is 6.63. The van der Waals surface area contributed by atoms with Crippen LogP contribution in [0.2, 0.25) is 0 Å². The van der Waals surface area contributed by atoms with Gasteiger partial charge >= 0.3 is 0 Å². The molecule has 2 N–H and O–H groups in total. The van der Waals surface area contributed by atoms with Crippen molar-refractivity contribution in [3.8, 4) is 0 Å². The van der Waals surface area contributed by atoms with Gasteiger partial charge in [-0.2, -0.15) is 0 Å². The average molecular weight is 238 g/mol. The van der Waals surface area contributed by atoms with Gasteiger partial charge in [-0.15, -0.1) is 0 Å². The minimum absolute atomic E-state index is 0.812. The lowest BCUT2D eigenvalue weighted by Crippen LogP contribution is -2.37. The Hall–Kier alpha value is -0.0800. The topological polar surface area (TPSA) is 29.3 Å². The molecule has 2 saturated carbocycles. The van der Waals surface area contributed by atoms with Gasteiger partial charge in [0.05, 0.1) is 0 Å². The molecule has 0 aliphatic heterocycles. The molecule has 0 aromatic heterocycles. The molecule has 2 aliphatic carbocycles. The highest BCUT2D eigenvalue weighted by Gasteiger charge is 2.32. The van der Waals surface area contributed by atoms with Crippen molar-refractivity contribution in [2.75, 3.05) is 26.2 Å². The van der Waals surface area contributed by atoms with E-state index in [1.54, 1.807) is 0 Å². The number of nitrogens with two attached hydrogens (primary N) is 1. The lowest BCUT2D eigenvalue weighted by atomic mass is 9.67. The monoisotopic (exact) mass is 238 g/mol. The van der Waals surface area contributed by atoms with Crippen molar-refractivity contribution in [2.24, 2.45) is 23.5 Å². The molecule has 2 fully saturated rings. The highest BCUT2D eigenvalue weighted by molar-refractivity contribution is 4.84. The number of likely N-dealkylation sites (N-methyl/N-ethyl adjacent to an activating group) is 1.